The minimum absolute atomic E-state index is 0.127. The molecule has 0 saturated heterocycles. The molecular formula is C19H33NO2S. The first-order valence-corrected chi connectivity index (χ1v) is 9.78. The van der Waals surface area contributed by atoms with E-state index in [1.165, 1.54) is 9.75 Å². The predicted molar refractivity (Wildman–Crippen MR) is 98.7 cm³/mol. The summed E-state index contributed by atoms with van der Waals surface area (Å²) in [6.45, 7) is 17.7. The number of hydroxylamine groups is 1. The molecule has 1 aromatic rings. The van der Waals surface area contributed by atoms with Crippen molar-refractivity contribution in [2.24, 2.45) is 0 Å². The highest BCUT2D eigenvalue weighted by Gasteiger charge is 2.42. The monoisotopic (exact) mass is 339 g/mol. The molecule has 0 radical (unpaired) electrons. The topological polar surface area (TPSA) is 30.5 Å². The molecule has 132 valence electrons. The summed E-state index contributed by atoms with van der Waals surface area (Å²) in [5.41, 5.74) is 2.82. The third-order valence-corrected chi connectivity index (χ3v) is 7.56. The quantitative estimate of drug-likeness (QED) is 0.698. The van der Waals surface area contributed by atoms with Crippen molar-refractivity contribution in [2.75, 3.05) is 0 Å². The SMILES string of the molecule is CCC(C)(CC)c1sc(C(C)(CC)CC)c2c1ONC(C)(C)O2. The molecule has 0 unspecified atom stereocenters. The Balaban J connectivity index is 2.67. The van der Waals surface area contributed by atoms with E-state index in [4.69, 9.17) is 9.57 Å². The van der Waals surface area contributed by atoms with Crippen molar-refractivity contribution in [3.05, 3.63) is 9.75 Å². The molecule has 1 N–H and O–H groups in total. The fraction of sp³-hybridized carbons (Fsp3) is 0.789. The summed E-state index contributed by atoms with van der Waals surface area (Å²) >= 11 is 1.90. The van der Waals surface area contributed by atoms with Crippen LogP contribution in [0.4, 0.5) is 0 Å². The van der Waals surface area contributed by atoms with E-state index < -0.39 is 5.72 Å². The van der Waals surface area contributed by atoms with Gasteiger partial charge in [0, 0.05) is 10.8 Å². The molecule has 3 nitrogen and oxygen atoms in total. The summed E-state index contributed by atoms with van der Waals surface area (Å²) in [7, 11) is 0. The highest BCUT2D eigenvalue weighted by molar-refractivity contribution is 7.13. The van der Waals surface area contributed by atoms with Gasteiger partial charge >= 0.3 is 0 Å². The molecule has 2 heterocycles. The van der Waals surface area contributed by atoms with Gasteiger partial charge in [0.2, 0.25) is 5.75 Å². The number of nitrogens with one attached hydrogen (secondary N) is 1. The van der Waals surface area contributed by atoms with Crippen LogP contribution in [0.2, 0.25) is 0 Å². The first-order valence-electron chi connectivity index (χ1n) is 8.97. The molecule has 0 bridgehead atoms. The van der Waals surface area contributed by atoms with Crippen LogP contribution in [0, 0.1) is 0 Å². The minimum Gasteiger partial charge on any atom is -0.465 e. The van der Waals surface area contributed by atoms with Gasteiger partial charge in [-0.1, -0.05) is 41.5 Å². The largest absolute Gasteiger partial charge is 0.465 e. The van der Waals surface area contributed by atoms with Crippen LogP contribution in [0.25, 0.3) is 0 Å². The van der Waals surface area contributed by atoms with Gasteiger partial charge in [-0.3, -0.25) is 0 Å². The number of hydrogen-bond donors (Lipinski definition) is 1. The molecule has 0 fully saturated rings. The lowest BCUT2D eigenvalue weighted by Gasteiger charge is -2.35. The summed E-state index contributed by atoms with van der Waals surface area (Å²) in [6, 6.07) is 0. The van der Waals surface area contributed by atoms with Crippen molar-refractivity contribution >= 4 is 11.3 Å². The molecule has 1 aromatic heterocycles. The summed E-state index contributed by atoms with van der Waals surface area (Å²) in [5.74, 6) is 1.89. The summed E-state index contributed by atoms with van der Waals surface area (Å²) in [4.78, 5) is 8.69. The van der Waals surface area contributed by atoms with Gasteiger partial charge in [0.25, 0.3) is 0 Å². The first-order chi connectivity index (χ1) is 10.7. The maximum absolute atomic E-state index is 6.34. The summed E-state index contributed by atoms with van der Waals surface area (Å²) in [5, 5.41) is 0. The van der Waals surface area contributed by atoms with Gasteiger partial charge in [0.05, 0.1) is 9.75 Å². The number of rotatable bonds is 6. The van der Waals surface area contributed by atoms with Gasteiger partial charge in [0.15, 0.2) is 11.5 Å². The second kappa shape index (κ2) is 6.29. The van der Waals surface area contributed by atoms with Crippen molar-refractivity contribution in [3.8, 4) is 11.5 Å². The van der Waals surface area contributed by atoms with Crippen LogP contribution in [0.5, 0.6) is 11.5 Å². The van der Waals surface area contributed by atoms with E-state index in [9.17, 15) is 0 Å². The van der Waals surface area contributed by atoms with Crippen LogP contribution in [-0.2, 0) is 10.8 Å². The Morgan fingerprint density at radius 3 is 1.74 bits per heavy atom. The zero-order valence-electron chi connectivity index (χ0n) is 16.1. The van der Waals surface area contributed by atoms with Gasteiger partial charge in [-0.25, -0.2) is 0 Å². The summed E-state index contributed by atoms with van der Waals surface area (Å²) < 4.78 is 6.34. The van der Waals surface area contributed by atoms with Gasteiger partial charge in [-0.05, 0) is 39.5 Å². The third kappa shape index (κ3) is 3.12. The number of thiophene rings is 1. The Morgan fingerprint density at radius 2 is 1.30 bits per heavy atom. The molecular weight excluding hydrogens is 306 g/mol. The molecule has 0 saturated carbocycles. The second-order valence-corrected chi connectivity index (χ2v) is 8.79. The Kier molecular flexibility index (Phi) is 5.08. The second-order valence-electron chi connectivity index (χ2n) is 7.77. The van der Waals surface area contributed by atoms with Crippen LogP contribution >= 0.6 is 11.3 Å². The molecule has 0 atom stereocenters. The third-order valence-electron chi connectivity index (χ3n) is 5.80. The zero-order chi connectivity index (χ0) is 17.5. The van der Waals surface area contributed by atoms with E-state index in [1.54, 1.807) is 0 Å². The minimum atomic E-state index is -0.503. The van der Waals surface area contributed by atoms with Crippen molar-refractivity contribution in [1.29, 1.82) is 0 Å². The van der Waals surface area contributed by atoms with Gasteiger partial charge < -0.3 is 9.57 Å². The standard InChI is InChI=1S/C19H33NO2S/c1-9-18(7,10-2)15-13-14(22-20-17(5,6)21-13)16(23-15)19(8,11-3)12-4/h20H,9-12H2,1-8H3. The van der Waals surface area contributed by atoms with Crippen LogP contribution in [-0.4, -0.2) is 5.72 Å². The maximum atomic E-state index is 6.34. The molecule has 0 aromatic carbocycles. The Bertz CT molecular complexity index is 554. The lowest BCUT2D eigenvalue weighted by molar-refractivity contribution is -0.0606. The molecule has 1 aliphatic heterocycles. The lowest BCUT2D eigenvalue weighted by Crippen LogP contribution is -2.49. The lowest BCUT2D eigenvalue weighted by atomic mass is 9.81. The number of ether oxygens (including phenoxy) is 1. The van der Waals surface area contributed by atoms with Crippen molar-refractivity contribution in [1.82, 2.24) is 5.48 Å². The van der Waals surface area contributed by atoms with Gasteiger partial charge in [-0.15, -0.1) is 16.8 Å². The molecule has 1 aliphatic rings. The highest BCUT2D eigenvalue weighted by atomic mass is 32.1. The maximum Gasteiger partial charge on any atom is 0.204 e. The van der Waals surface area contributed by atoms with Crippen LogP contribution < -0.4 is 15.1 Å². The average Bonchev–Trinajstić information content (AvgIpc) is 2.91. The number of hydrogen-bond acceptors (Lipinski definition) is 4. The molecule has 0 spiro atoms. The summed E-state index contributed by atoms with van der Waals surface area (Å²) in [6.07, 6.45) is 4.39. The average molecular weight is 340 g/mol. The Labute approximate surface area is 145 Å². The van der Waals surface area contributed by atoms with E-state index in [-0.39, 0.29) is 10.8 Å². The molecule has 2 rings (SSSR count). The smallest absolute Gasteiger partial charge is 0.204 e. The van der Waals surface area contributed by atoms with Gasteiger partial charge in [0.1, 0.15) is 0 Å². The Hall–Kier alpha value is -0.740. The molecule has 0 aliphatic carbocycles. The fourth-order valence-corrected chi connectivity index (χ4v) is 4.70. The van der Waals surface area contributed by atoms with Crippen LogP contribution in [0.15, 0.2) is 0 Å². The first kappa shape index (κ1) is 18.6. The van der Waals surface area contributed by atoms with E-state index in [2.05, 4.69) is 47.0 Å². The van der Waals surface area contributed by atoms with Crippen molar-refractivity contribution in [3.63, 3.8) is 0 Å². The van der Waals surface area contributed by atoms with Crippen molar-refractivity contribution in [2.45, 2.75) is 97.6 Å². The molecule has 23 heavy (non-hydrogen) atoms. The van der Waals surface area contributed by atoms with Gasteiger partial charge in [-0.2, -0.15) is 0 Å². The number of fused-ring (bicyclic) bond motifs is 1. The molecule has 4 heteroatoms. The predicted octanol–water partition coefficient (Wildman–Crippen LogP) is 5.92. The zero-order valence-corrected chi connectivity index (χ0v) is 16.9. The van der Waals surface area contributed by atoms with Crippen molar-refractivity contribution < 1.29 is 9.57 Å². The van der Waals surface area contributed by atoms with E-state index >= 15 is 0 Å². The molecule has 0 amide bonds. The van der Waals surface area contributed by atoms with E-state index in [1.807, 2.05) is 25.2 Å². The Morgan fingerprint density at radius 1 is 0.870 bits per heavy atom. The fourth-order valence-electron chi connectivity index (χ4n) is 2.97. The van der Waals surface area contributed by atoms with Crippen LogP contribution in [0.1, 0.15) is 90.8 Å². The van der Waals surface area contributed by atoms with E-state index in [0.717, 1.165) is 37.2 Å². The van der Waals surface area contributed by atoms with Crippen LogP contribution in [0.3, 0.4) is 0 Å². The highest BCUT2D eigenvalue weighted by Crippen LogP contribution is 2.56. The normalized spacial score (nSPS) is 17.4. The van der Waals surface area contributed by atoms with E-state index in [0.29, 0.717) is 0 Å².